The van der Waals surface area contributed by atoms with Gasteiger partial charge in [0.05, 0.1) is 10.2 Å². The molecule has 31 heavy (non-hydrogen) atoms. The first-order chi connectivity index (χ1) is 15.2. The lowest BCUT2D eigenvalue weighted by Gasteiger charge is -2.20. The molecule has 0 saturated heterocycles. The summed E-state index contributed by atoms with van der Waals surface area (Å²) in [5.74, 6) is 0.853. The minimum Gasteiger partial charge on any atom is -0.451 e. The molecule has 0 bridgehead atoms. The standard InChI is InChI=1S/C24H25N3O2S2/c1-27-19-12-6-8-14-21(19)31-24(27)26-25-23(28)22-18(15-30-16-9-3-2-4-10-16)17-11-5-7-13-20(17)29-22/h5-8,11-14,16H,2-4,9-10,15H2,1H3,(H,25,28). The average Bonchev–Trinajstić information content (AvgIpc) is 3.34. The fraction of sp³-hybridized carbons (Fsp3) is 0.333. The van der Waals surface area contributed by atoms with Crippen molar-refractivity contribution in [1.82, 2.24) is 9.99 Å². The molecule has 0 radical (unpaired) electrons. The maximum Gasteiger partial charge on any atom is 0.307 e. The summed E-state index contributed by atoms with van der Waals surface area (Å²) < 4.78 is 9.11. The number of amides is 1. The zero-order valence-corrected chi connectivity index (χ0v) is 19.1. The molecule has 160 valence electrons. The smallest absolute Gasteiger partial charge is 0.307 e. The van der Waals surface area contributed by atoms with Crippen molar-refractivity contribution in [3.8, 4) is 0 Å². The van der Waals surface area contributed by atoms with Gasteiger partial charge < -0.3 is 8.98 Å². The minimum absolute atomic E-state index is 0.298. The van der Waals surface area contributed by atoms with Crippen LogP contribution in [0.25, 0.3) is 21.2 Å². The number of fused-ring (bicyclic) bond motifs is 2. The Morgan fingerprint density at radius 3 is 2.77 bits per heavy atom. The Kier molecular flexibility index (Phi) is 5.87. The van der Waals surface area contributed by atoms with Crippen LogP contribution in [-0.2, 0) is 12.8 Å². The van der Waals surface area contributed by atoms with Crippen molar-refractivity contribution in [2.45, 2.75) is 43.1 Å². The van der Waals surface area contributed by atoms with Gasteiger partial charge in [0.15, 0.2) is 5.76 Å². The number of carbonyl (C=O) groups is 1. The normalized spacial score (nSPS) is 15.7. The molecule has 2 heterocycles. The predicted octanol–water partition coefficient (Wildman–Crippen LogP) is 5.80. The van der Waals surface area contributed by atoms with Crippen LogP contribution in [0.3, 0.4) is 0 Å². The monoisotopic (exact) mass is 451 g/mol. The number of aromatic nitrogens is 1. The maximum atomic E-state index is 13.1. The predicted molar refractivity (Wildman–Crippen MR) is 128 cm³/mol. The Morgan fingerprint density at radius 2 is 1.94 bits per heavy atom. The minimum atomic E-state index is -0.298. The first-order valence-corrected chi connectivity index (χ1v) is 12.6. The van der Waals surface area contributed by atoms with E-state index in [1.54, 1.807) is 11.3 Å². The molecule has 5 rings (SSSR count). The van der Waals surface area contributed by atoms with Crippen molar-refractivity contribution in [3.63, 3.8) is 0 Å². The summed E-state index contributed by atoms with van der Waals surface area (Å²) in [7, 11) is 1.96. The summed E-state index contributed by atoms with van der Waals surface area (Å²) in [6.45, 7) is 0. The van der Waals surface area contributed by atoms with Gasteiger partial charge in [-0.05, 0) is 31.0 Å². The number of nitrogens with zero attached hydrogens (tertiary/aromatic N) is 2. The van der Waals surface area contributed by atoms with E-state index >= 15 is 0 Å². The van der Waals surface area contributed by atoms with E-state index < -0.39 is 0 Å². The Hall–Kier alpha value is -2.51. The van der Waals surface area contributed by atoms with Gasteiger partial charge in [0.2, 0.25) is 4.80 Å². The number of nitrogens with one attached hydrogen (secondary N) is 1. The molecule has 0 spiro atoms. The third kappa shape index (κ3) is 4.16. The summed E-state index contributed by atoms with van der Waals surface area (Å²) in [4.78, 5) is 13.8. The molecule has 1 aliphatic rings. The van der Waals surface area contributed by atoms with Gasteiger partial charge in [0.25, 0.3) is 0 Å². The van der Waals surface area contributed by atoms with E-state index in [0.717, 1.165) is 37.3 Å². The lowest BCUT2D eigenvalue weighted by Crippen LogP contribution is -2.23. The molecule has 1 saturated carbocycles. The first-order valence-electron chi connectivity index (χ1n) is 10.7. The number of rotatable bonds is 5. The van der Waals surface area contributed by atoms with Gasteiger partial charge in [0, 0.05) is 29.0 Å². The molecule has 2 aromatic heterocycles. The van der Waals surface area contributed by atoms with Crippen LogP contribution in [-0.4, -0.2) is 15.7 Å². The van der Waals surface area contributed by atoms with Gasteiger partial charge >= 0.3 is 5.91 Å². The van der Waals surface area contributed by atoms with Crippen molar-refractivity contribution >= 4 is 50.2 Å². The Bertz CT molecular complexity index is 1300. The van der Waals surface area contributed by atoms with E-state index in [1.807, 2.05) is 65.8 Å². The SMILES string of the molecule is Cn1c(=NNC(=O)c2oc3ccccc3c2CSC2CCCCC2)sc2ccccc21. The van der Waals surface area contributed by atoms with Crippen molar-refractivity contribution < 1.29 is 9.21 Å². The largest absolute Gasteiger partial charge is 0.451 e. The summed E-state index contributed by atoms with van der Waals surface area (Å²) >= 11 is 3.49. The molecular weight excluding hydrogens is 426 g/mol. The van der Waals surface area contributed by atoms with E-state index in [2.05, 4.69) is 16.6 Å². The maximum absolute atomic E-state index is 13.1. The van der Waals surface area contributed by atoms with Gasteiger partial charge in [-0.15, -0.1) is 5.10 Å². The highest BCUT2D eigenvalue weighted by molar-refractivity contribution is 7.99. The molecule has 7 heteroatoms. The van der Waals surface area contributed by atoms with Crippen LogP contribution >= 0.6 is 23.1 Å². The van der Waals surface area contributed by atoms with Crippen LogP contribution in [0.2, 0.25) is 0 Å². The first kappa shape index (κ1) is 20.4. The zero-order chi connectivity index (χ0) is 21.2. The van der Waals surface area contributed by atoms with Crippen LogP contribution in [0, 0.1) is 0 Å². The summed E-state index contributed by atoms with van der Waals surface area (Å²) in [5, 5.41) is 6.08. The highest BCUT2D eigenvalue weighted by Gasteiger charge is 2.22. The van der Waals surface area contributed by atoms with Gasteiger partial charge in [-0.3, -0.25) is 4.79 Å². The number of hydrogen-bond acceptors (Lipinski definition) is 5. The summed E-state index contributed by atoms with van der Waals surface area (Å²) in [5.41, 5.74) is 5.54. The van der Waals surface area contributed by atoms with Gasteiger partial charge in [-0.25, -0.2) is 5.43 Å². The quantitative estimate of drug-likeness (QED) is 0.390. The number of para-hydroxylation sites is 2. The number of furan rings is 1. The van der Waals surface area contributed by atoms with E-state index in [-0.39, 0.29) is 5.91 Å². The molecule has 1 aliphatic carbocycles. The molecule has 1 fully saturated rings. The number of thioether (sulfide) groups is 1. The number of aryl methyl sites for hydroxylation is 1. The third-order valence-electron chi connectivity index (χ3n) is 5.89. The van der Waals surface area contributed by atoms with Gasteiger partial charge in [-0.2, -0.15) is 11.8 Å². The van der Waals surface area contributed by atoms with Crippen LogP contribution in [0.1, 0.15) is 48.2 Å². The molecule has 2 aromatic carbocycles. The summed E-state index contributed by atoms with van der Waals surface area (Å²) in [6.07, 6.45) is 6.49. The third-order valence-corrected chi connectivity index (χ3v) is 8.40. The highest BCUT2D eigenvalue weighted by atomic mass is 32.2. The van der Waals surface area contributed by atoms with E-state index in [4.69, 9.17) is 4.42 Å². The molecule has 1 amide bonds. The van der Waals surface area contributed by atoms with Gasteiger partial charge in [-0.1, -0.05) is 60.9 Å². The number of carbonyl (C=O) groups excluding carboxylic acids is 1. The fourth-order valence-corrected chi connectivity index (χ4v) is 6.53. The highest BCUT2D eigenvalue weighted by Crippen LogP contribution is 2.35. The van der Waals surface area contributed by atoms with Gasteiger partial charge in [0.1, 0.15) is 5.58 Å². The number of thiazole rings is 1. The summed E-state index contributed by atoms with van der Waals surface area (Å²) in [6, 6.07) is 16.0. The molecule has 0 aliphatic heterocycles. The van der Waals surface area contributed by atoms with Crippen LogP contribution in [0.5, 0.6) is 0 Å². The molecule has 4 aromatic rings. The van der Waals surface area contributed by atoms with Crippen LogP contribution < -0.4 is 10.2 Å². The van der Waals surface area contributed by atoms with E-state index in [0.29, 0.717) is 11.0 Å². The molecule has 0 unspecified atom stereocenters. The molecule has 1 N–H and O–H groups in total. The molecule has 5 nitrogen and oxygen atoms in total. The Morgan fingerprint density at radius 1 is 1.16 bits per heavy atom. The number of benzene rings is 2. The fourth-order valence-electron chi connectivity index (χ4n) is 4.20. The second-order valence-corrected chi connectivity index (χ2v) is 10.2. The molecular formula is C24H25N3O2S2. The van der Waals surface area contributed by atoms with Crippen LogP contribution in [0.15, 0.2) is 58.0 Å². The lowest BCUT2D eigenvalue weighted by atomic mass is 10.0. The lowest BCUT2D eigenvalue weighted by molar-refractivity contribution is 0.0926. The van der Waals surface area contributed by atoms with Crippen LogP contribution in [0.4, 0.5) is 0 Å². The van der Waals surface area contributed by atoms with Crippen molar-refractivity contribution in [1.29, 1.82) is 0 Å². The molecule has 0 atom stereocenters. The second-order valence-electron chi connectivity index (χ2n) is 7.94. The van der Waals surface area contributed by atoms with E-state index in [9.17, 15) is 4.79 Å². The van der Waals surface area contributed by atoms with Crippen molar-refractivity contribution in [3.05, 3.63) is 64.7 Å². The average molecular weight is 452 g/mol. The Labute approximate surface area is 189 Å². The zero-order valence-electron chi connectivity index (χ0n) is 17.5. The second kappa shape index (κ2) is 8.93. The Balaban J connectivity index is 1.43. The topological polar surface area (TPSA) is 59.5 Å². The van der Waals surface area contributed by atoms with Crippen molar-refractivity contribution in [2.75, 3.05) is 0 Å². The van der Waals surface area contributed by atoms with E-state index in [1.165, 1.54) is 32.1 Å². The number of hydrogen-bond donors (Lipinski definition) is 1. The van der Waals surface area contributed by atoms with Crippen molar-refractivity contribution in [2.24, 2.45) is 12.1 Å².